The van der Waals surface area contributed by atoms with Gasteiger partial charge in [-0.2, -0.15) is 0 Å². The molecule has 21 heavy (non-hydrogen) atoms. The van der Waals surface area contributed by atoms with Crippen molar-refractivity contribution in [2.75, 3.05) is 20.1 Å². The first kappa shape index (κ1) is 18.0. The highest BCUT2D eigenvalue weighted by Crippen LogP contribution is 2.28. The zero-order valence-electron chi connectivity index (χ0n) is 13.0. The summed E-state index contributed by atoms with van der Waals surface area (Å²) in [7, 11) is 1.90. The molecule has 0 aliphatic heterocycles. The molecule has 1 atom stereocenters. The van der Waals surface area contributed by atoms with Crippen LogP contribution in [0, 0.1) is 11.8 Å². The average molecular weight is 311 g/mol. The van der Waals surface area contributed by atoms with Gasteiger partial charge in [-0.1, -0.05) is 43.7 Å². The molecule has 2 rings (SSSR count). The van der Waals surface area contributed by atoms with Gasteiger partial charge in [-0.15, -0.1) is 12.4 Å². The molecule has 4 heteroatoms. The largest absolute Gasteiger partial charge is 0.338 e. The van der Waals surface area contributed by atoms with Crippen LogP contribution in [0.1, 0.15) is 31.7 Å². The second kappa shape index (κ2) is 9.06. The van der Waals surface area contributed by atoms with Crippen molar-refractivity contribution in [3.8, 4) is 0 Å². The number of carbonyl (C=O) groups excluding carboxylic acids is 1. The van der Waals surface area contributed by atoms with Gasteiger partial charge in [-0.3, -0.25) is 4.79 Å². The van der Waals surface area contributed by atoms with Crippen molar-refractivity contribution in [3.63, 3.8) is 0 Å². The van der Waals surface area contributed by atoms with E-state index in [1.54, 1.807) is 0 Å². The van der Waals surface area contributed by atoms with E-state index in [2.05, 4.69) is 22.3 Å². The molecule has 118 valence electrons. The van der Waals surface area contributed by atoms with Crippen LogP contribution in [0.25, 0.3) is 0 Å². The van der Waals surface area contributed by atoms with Crippen molar-refractivity contribution in [1.82, 2.24) is 10.2 Å². The van der Waals surface area contributed by atoms with Crippen LogP contribution in [0.15, 0.2) is 30.3 Å². The quantitative estimate of drug-likeness (QED) is 0.839. The molecule has 1 unspecified atom stereocenters. The van der Waals surface area contributed by atoms with Gasteiger partial charge >= 0.3 is 0 Å². The van der Waals surface area contributed by atoms with Crippen LogP contribution in [0.5, 0.6) is 0 Å². The van der Waals surface area contributed by atoms with E-state index in [1.807, 2.05) is 32.2 Å². The molecule has 0 radical (unpaired) electrons. The fraction of sp³-hybridized carbons (Fsp3) is 0.588. The van der Waals surface area contributed by atoms with Crippen molar-refractivity contribution in [1.29, 1.82) is 0 Å². The molecule has 1 aromatic rings. The smallest absolute Gasteiger partial charge is 0.226 e. The Hall–Kier alpha value is -1.06. The summed E-state index contributed by atoms with van der Waals surface area (Å²) in [6, 6.07) is 10.3. The minimum atomic E-state index is 0. The molecule has 1 amide bonds. The predicted octanol–water partition coefficient (Wildman–Crippen LogP) is 3.09. The Kier molecular flexibility index (Phi) is 7.76. The van der Waals surface area contributed by atoms with Gasteiger partial charge in [0.25, 0.3) is 0 Å². The Morgan fingerprint density at radius 2 is 2.00 bits per heavy atom. The number of hydrogen-bond donors (Lipinski definition) is 1. The maximum absolute atomic E-state index is 12.6. The number of nitrogens with zero attached hydrogens (tertiary/aromatic N) is 1. The van der Waals surface area contributed by atoms with Gasteiger partial charge in [0, 0.05) is 25.6 Å². The van der Waals surface area contributed by atoms with E-state index in [-0.39, 0.29) is 24.2 Å². The Balaban J connectivity index is 0.00000220. The number of halogens is 1. The van der Waals surface area contributed by atoms with Gasteiger partial charge in [0.15, 0.2) is 0 Å². The third kappa shape index (κ3) is 5.33. The SMILES string of the molecule is CNCC(C)C(=O)N(Cc1ccccc1)CC1CCC1.Cl. The Morgan fingerprint density at radius 3 is 2.52 bits per heavy atom. The molecule has 0 aromatic heterocycles. The molecule has 1 N–H and O–H groups in total. The van der Waals surface area contributed by atoms with E-state index >= 15 is 0 Å². The first-order chi connectivity index (χ1) is 9.70. The van der Waals surface area contributed by atoms with Crippen molar-refractivity contribution in [2.24, 2.45) is 11.8 Å². The summed E-state index contributed by atoms with van der Waals surface area (Å²) < 4.78 is 0. The van der Waals surface area contributed by atoms with Gasteiger partial charge in [0.2, 0.25) is 5.91 Å². The highest BCUT2D eigenvalue weighted by Gasteiger charge is 2.26. The summed E-state index contributed by atoms with van der Waals surface area (Å²) in [5.41, 5.74) is 1.22. The van der Waals surface area contributed by atoms with Crippen molar-refractivity contribution >= 4 is 18.3 Å². The van der Waals surface area contributed by atoms with Crippen LogP contribution in [0.4, 0.5) is 0 Å². The van der Waals surface area contributed by atoms with Crippen LogP contribution in [-0.4, -0.2) is 30.9 Å². The van der Waals surface area contributed by atoms with Gasteiger partial charge in [-0.25, -0.2) is 0 Å². The van der Waals surface area contributed by atoms with Crippen molar-refractivity contribution in [3.05, 3.63) is 35.9 Å². The predicted molar refractivity (Wildman–Crippen MR) is 89.5 cm³/mol. The van der Waals surface area contributed by atoms with Gasteiger partial charge in [0.1, 0.15) is 0 Å². The molecule has 0 heterocycles. The molecule has 0 spiro atoms. The fourth-order valence-electron chi connectivity index (χ4n) is 2.73. The molecular weight excluding hydrogens is 284 g/mol. The maximum Gasteiger partial charge on any atom is 0.226 e. The average Bonchev–Trinajstić information content (AvgIpc) is 2.42. The lowest BCUT2D eigenvalue weighted by Gasteiger charge is -2.34. The van der Waals surface area contributed by atoms with E-state index in [0.717, 1.165) is 19.6 Å². The van der Waals surface area contributed by atoms with E-state index in [9.17, 15) is 4.79 Å². The lowest BCUT2D eigenvalue weighted by Crippen LogP contribution is -2.41. The summed E-state index contributed by atoms with van der Waals surface area (Å²) >= 11 is 0. The van der Waals surface area contributed by atoms with Crippen LogP contribution in [0.3, 0.4) is 0 Å². The van der Waals surface area contributed by atoms with E-state index in [4.69, 9.17) is 0 Å². The van der Waals surface area contributed by atoms with Crippen LogP contribution < -0.4 is 5.32 Å². The second-order valence-corrected chi connectivity index (χ2v) is 5.96. The van der Waals surface area contributed by atoms with Gasteiger partial charge in [0.05, 0.1) is 0 Å². The summed E-state index contributed by atoms with van der Waals surface area (Å²) in [5.74, 6) is 1.03. The summed E-state index contributed by atoms with van der Waals surface area (Å²) in [4.78, 5) is 14.7. The molecule has 1 aliphatic carbocycles. The highest BCUT2D eigenvalue weighted by atomic mass is 35.5. The molecule has 1 aromatic carbocycles. The topological polar surface area (TPSA) is 32.3 Å². The Bertz CT molecular complexity index is 420. The monoisotopic (exact) mass is 310 g/mol. The minimum Gasteiger partial charge on any atom is -0.338 e. The van der Waals surface area contributed by atoms with Crippen molar-refractivity contribution < 1.29 is 4.79 Å². The summed E-state index contributed by atoms with van der Waals surface area (Å²) in [6.45, 7) is 4.42. The van der Waals surface area contributed by atoms with Gasteiger partial charge < -0.3 is 10.2 Å². The number of carbonyl (C=O) groups is 1. The molecule has 1 fully saturated rings. The van der Waals surface area contributed by atoms with E-state index in [1.165, 1.54) is 24.8 Å². The first-order valence-electron chi connectivity index (χ1n) is 7.68. The standard InChI is InChI=1S/C17H26N2O.ClH/c1-14(11-18-2)17(20)19(13-16-9-6-10-16)12-15-7-4-3-5-8-15;/h3-5,7-8,14,16,18H,6,9-13H2,1-2H3;1H. The minimum absolute atomic E-state index is 0. The third-order valence-corrected chi connectivity index (χ3v) is 4.16. The highest BCUT2D eigenvalue weighted by molar-refractivity contribution is 5.85. The number of amides is 1. The Labute approximate surface area is 134 Å². The van der Waals surface area contributed by atoms with Crippen LogP contribution >= 0.6 is 12.4 Å². The zero-order chi connectivity index (χ0) is 14.4. The molecule has 0 bridgehead atoms. The third-order valence-electron chi connectivity index (χ3n) is 4.16. The number of hydrogen-bond acceptors (Lipinski definition) is 2. The first-order valence-corrected chi connectivity index (χ1v) is 7.68. The summed E-state index contributed by atoms with van der Waals surface area (Å²) in [6.07, 6.45) is 3.88. The molecule has 0 saturated heterocycles. The lowest BCUT2D eigenvalue weighted by atomic mass is 9.85. The Morgan fingerprint density at radius 1 is 1.33 bits per heavy atom. The fourth-order valence-corrected chi connectivity index (χ4v) is 2.73. The number of nitrogens with one attached hydrogen (secondary N) is 1. The number of benzene rings is 1. The number of rotatable bonds is 7. The molecule has 1 aliphatic rings. The zero-order valence-corrected chi connectivity index (χ0v) is 13.9. The molecule has 1 saturated carbocycles. The second-order valence-electron chi connectivity index (χ2n) is 5.96. The van der Waals surface area contributed by atoms with E-state index < -0.39 is 0 Å². The lowest BCUT2D eigenvalue weighted by molar-refractivity contribution is -0.136. The van der Waals surface area contributed by atoms with E-state index in [0.29, 0.717) is 5.92 Å². The van der Waals surface area contributed by atoms with Crippen LogP contribution in [0.2, 0.25) is 0 Å². The van der Waals surface area contributed by atoms with Crippen LogP contribution in [-0.2, 0) is 11.3 Å². The van der Waals surface area contributed by atoms with Gasteiger partial charge in [-0.05, 0) is 31.4 Å². The maximum atomic E-state index is 12.6. The summed E-state index contributed by atoms with van der Waals surface area (Å²) in [5, 5.41) is 3.10. The normalized spacial score (nSPS) is 15.7. The molecular formula is C17H27ClN2O. The van der Waals surface area contributed by atoms with Crippen molar-refractivity contribution in [2.45, 2.75) is 32.7 Å². The molecule has 3 nitrogen and oxygen atoms in total.